The number of thioether (sulfide) groups is 1. The van der Waals surface area contributed by atoms with Crippen LogP contribution in [0.5, 0.6) is 0 Å². The highest BCUT2D eigenvalue weighted by atomic mass is 35.5. The standard InChI is InChI=1S/C22H18ClN5OS/c1-15-3-2-4-19(13-15)28-21(16-9-11-24-12-10-16)26-27-22(28)30-14-20(29)25-18-7-5-17(23)6-8-18/h2-13H,14H2,1H3,(H,25,29). The summed E-state index contributed by atoms with van der Waals surface area (Å²) in [6, 6.07) is 18.9. The number of carbonyl (C=O) groups excluding carboxylic acids is 1. The van der Waals surface area contributed by atoms with E-state index in [9.17, 15) is 4.79 Å². The minimum atomic E-state index is -0.133. The van der Waals surface area contributed by atoms with Crippen LogP contribution in [-0.4, -0.2) is 31.4 Å². The average Bonchev–Trinajstić information content (AvgIpc) is 3.19. The number of anilines is 1. The van der Waals surface area contributed by atoms with Gasteiger partial charge in [-0.15, -0.1) is 10.2 Å². The third-order valence-electron chi connectivity index (χ3n) is 4.29. The molecule has 0 atom stereocenters. The van der Waals surface area contributed by atoms with Crippen LogP contribution in [0.4, 0.5) is 5.69 Å². The van der Waals surface area contributed by atoms with Crippen LogP contribution < -0.4 is 5.32 Å². The van der Waals surface area contributed by atoms with Gasteiger partial charge in [0.05, 0.1) is 5.75 Å². The minimum absolute atomic E-state index is 0.133. The van der Waals surface area contributed by atoms with Crippen molar-refractivity contribution in [1.82, 2.24) is 19.7 Å². The van der Waals surface area contributed by atoms with Crippen LogP contribution in [0.25, 0.3) is 17.1 Å². The predicted octanol–water partition coefficient (Wildman–Crippen LogP) is 5.02. The molecule has 1 N–H and O–H groups in total. The fraction of sp³-hybridized carbons (Fsp3) is 0.0909. The van der Waals surface area contributed by atoms with E-state index in [1.807, 2.05) is 41.8 Å². The molecule has 0 fully saturated rings. The Balaban J connectivity index is 1.59. The van der Waals surface area contributed by atoms with Gasteiger partial charge in [0.2, 0.25) is 5.91 Å². The number of aromatic nitrogens is 4. The Morgan fingerprint density at radius 1 is 1.07 bits per heavy atom. The number of nitrogens with zero attached hydrogens (tertiary/aromatic N) is 4. The fourth-order valence-electron chi connectivity index (χ4n) is 2.91. The first-order valence-corrected chi connectivity index (χ1v) is 10.6. The van der Waals surface area contributed by atoms with Gasteiger partial charge in [-0.1, -0.05) is 35.5 Å². The molecule has 4 aromatic rings. The first kappa shape index (κ1) is 20.1. The van der Waals surface area contributed by atoms with Gasteiger partial charge < -0.3 is 5.32 Å². The van der Waals surface area contributed by atoms with Crippen LogP contribution in [0, 0.1) is 6.92 Å². The molecule has 0 radical (unpaired) electrons. The van der Waals surface area contributed by atoms with Gasteiger partial charge >= 0.3 is 0 Å². The highest BCUT2D eigenvalue weighted by Crippen LogP contribution is 2.28. The molecule has 30 heavy (non-hydrogen) atoms. The lowest BCUT2D eigenvalue weighted by atomic mass is 10.2. The maximum atomic E-state index is 12.4. The molecule has 150 valence electrons. The van der Waals surface area contributed by atoms with E-state index >= 15 is 0 Å². The Hall–Kier alpha value is -3.16. The van der Waals surface area contributed by atoms with Gasteiger partial charge in [0.1, 0.15) is 0 Å². The summed E-state index contributed by atoms with van der Waals surface area (Å²) >= 11 is 7.22. The highest BCUT2D eigenvalue weighted by Gasteiger charge is 2.17. The van der Waals surface area contributed by atoms with Crippen molar-refractivity contribution < 1.29 is 4.79 Å². The molecule has 0 bridgehead atoms. The molecule has 0 aliphatic heterocycles. The van der Waals surface area contributed by atoms with Crippen molar-refractivity contribution >= 4 is 35.0 Å². The monoisotopic (exact) mass is 435 g/mol. The lowest BCUT2D eigenvalue weighted by molar-refractivity contribution is -0.113. The van der Waals surface area contributed by atoms with Crippen molar-refractivity contribution in [3.05, 3.63) is 83.6 Å². The molecule has 0 unspecified atom stereocenters. The molecule has 2 heterocycles. The smallest absolute Gasteiger partial charge is 0.234 e. The average molecular weight is 436 g/mol. The van der Waals surface area contributed by atoms with E-state index in [4.69, 9.17) is 11.6 Å². The van der Waals surface area contributed by atoms with E-state index in [0.717, 1.165) is 16.8 Å². The number of pyridine rings is 1. The molecular formula is C22H18ClN5OS. The van der Waals surface area contributed by atoms with Gasteiger partial charge in [-0.3, -0.25) is 14.3 Å². The van der Waals surface area contributed by atoms with Crippen LogP contribution in [0.1, 0.15) is 5.56 Å². The second kappa shape index (κ2) is 9.11. The van der Waals surface area contributed by atoms with Crippen molar-refractivity contribution in [2.24, 2.45) is 0 Å². The molecule has 0 aliphatic carbocycles. The van der Waals surface area contributed by atoms with Crippen molar-refractivity contribution in [3.63, 3.8) is 0 Å². The highest BCUT2D eigenvalue weighted by molar-refractivity contribution is 7.99. The summed E-state index contributed by atoms with van der Waals surface area (Å²) in [5.74, 6) is 0.762. The van der Waals surface area contributed by atoms with Crippen LogP contribution in [0.15, 0.2) is 78.2 Å². The van der Waals surface area contributed by atoms with E-state index in [1.165, 1.54) is 11.8 Å². The predicted molar refractivity (Wildman–Crippen MR) is 120 cm³/mol. The molecule has 0 saturated carbocycles. The van der Waals surface area contributed by atoms with Gasteiger partial charge in [0.15, 0.2) is 11.0 Å². The Morgan fingerprint density at radius 3 is 2.57 bits per heavy atom. The summed E-state index contributed by atoms with van der Waals surface area (Å²) in [6.45, 7) is 2.03. The normalized spacial score (nSPS) is 10.7. The summed E-state index contributed by atoms with van der Waals surface area (Å²) in [5, 5.41) is 12.9. The van der Waals surface area contributed by atoms with E-state index in [2.05, 4.69) is 26.6 Å². The number of hydrogen-bond donors (Lipinski definition) is 1. The topological polar surface area (TPSA) is 72.7 Å². The number of benzene rings is 2. The maximum absolute atomic E-state index is 12.4. The van der Waals surface area contributed by atoms with Gasteiger partial charge in [-0.2, -0.15) is 0 Å². The second-order valence-corrected chi connectivity index (χ2v) is 7.94. The van der Waals surface area contributed by atoms with E-state index in [1.54, 1.807) is 36.7 Å². The van der Waals surface area contributed by atoms with Gasteiger partial charge in [0.25, 0.3) is 0 Å². The molecule has 6 nitrogen and oxygen atoms in total. The van der Waals surface area contributed by atoms with Crippen LogP contribution >= 0.6 is 23.4 Å². The summed E-state index contributed by atoms with van der Waals surface area (Å²) in [6.07, 6.45) is 3.44. The van der Waals surface area contributed by atoms with Crippen molar-refractivity contribution in [2.75, 3.05) is 11.1 Å². The Labute approximate surface area is 183 Å². The number of aryl methyl sites for hydroxylation is 1. The Kier molecular flexibility index (Phi) is 6.11. The molecule has 8 heteroatoms. The molecular weight excluding hydrogens is 418 g/mol. The summed E-state index contributed by atoms with van der Waals surface area (Å²) in [7, 11) is 0. The van der Waals surface area contributed by atoms with Crippen LogP contribution in [0.2, 0.25) is 5.02 Å². The molecule has 2 aromatic carbocycles. The van der Waals surface area contributed by atoms with E-state index in [0.29, 0.717) is 21.7 Å². The van der Waals surface area contributed by atoms with Crippen molar-refractivity contribution in [1.29, 1.82) is 0 Å². The third kappa shape index (κ3) is 4.69. The molecule has 0 saturated heterocycles. The van der Waals surface area contributed by atoms with Gasteiger partial charge in [-0.25, -0.2) is 0 Å². The summed E-state index contributed by atoms with van der Waals surface area (Å²) in [4.78, 5) is 16.5. The van der Waals surface area contributed by atoms with Crippen LogP contribution in [-0.2, 0) is 4.79 Å². The number of amides is 1. The molecule has 4 rings (SSSR count). The lowest BCUT2D eigenvalue weighted by Gasteiger charge is -2.11. The van der Waals surface area contributed by atoms with E-state index in [-0.39, 0.29) is 11.7 Å². The largest absolute Gasteiger partial charge is 0.325 e. The zero-order valence-corrected chi connectivity index (χ0v) is 17.7. The minimum Gasteiger partial charge on any atom is -0.325 e. The zero-order valence-electron chi connectivity index (χ0n) is 16.1. The second-order valence-electron chi connectivity index (χ2n) is 6.56. The van der Waals surface area contributed by atoms with E-state index < -0.39 is 0 Å². The number of nitrogens with one attached hydrogen (secondary N) is 1. The molecule has 1 amide bonds. The van der Waals surface area contributed by atoms with Crippen LogP contribution in [0.3, 0.4) is 0 Å². The Bertz CT molecular complexity index is 1160. The quantitative estimate of drug-likeness (QED) is 0.430. The zero-order chi connectivity index (χ0) is 20.9. The number of halogens is 1. The molecule has 0 aliphatic rings. The molecule has 0 spiro atoms. The first-order chi connectivity index (χ1) is 14.6. The van der Waals surface area contributed by atoms with Crippen molar-refractivity contribution in [3.8, 4) is 17.1 Å². The first-order valence-electron chi connectivity index (χ1n) is 9.21. The van der Waals surface area contributed by atoms with Gasteiger partial charge in [-0.05, 0) is 61.0 Å². The SMILES string of the molecule is Cc1cccc(-n2c(SCC(=O)Nc3ccc(Cl)cc3)nnc2-c2ccncc2)c1. The number of rotatable bonds is 6. The Morgan fingerprint density at radius 2 is 1.83 bits per heavy atom. The summed E-state index contributed by atoms with van der Waals surface area (Å²) < 4.78 is 1.96. The fourth-order valence-corrected chi connectivity index (χ4v) is 3.79. The lowest BCUT2D eigenvalue weighted by Crippen LogP contribution is -2.14. The van der Waals surface area contributed by atoms with Gasteiger partial charge in [0, 0.05) is 34.4 Å². The summed E-state index contributed by atoms with van der Waals surface area (Å²) in [5.41, 5.74) is 3.66. The molecule has 2 aromatic heterocycles. The maximum Gasteiger partial charge on any atom is 0.234 e. The number of hydrogen-bond acceptors (Lipinski definition) is 5. The number of carbonyl (C=O) groups is 1. The third-order valence-corrected chi connectivity index (χ3v) is 5.47. The van der Waals surface area contributed by atoms with Crippen molar-refractivity contribution in [2.45, 2.75) is 12.1 Å².